The summed E-state index contributed by atoms with van der Waals surface area (Å²) in [6.07, 6.45) is 2.18. The lowest BCUT2D eigenvalue weighted by molar-refractivity contribution is -0.139. The second-order valence-corrected chi connectivity index (χ2v) is 6.85. The molecule has 2 N–H and O–H groups in total. The highest BCUT2D eigenvalue weighted by Crippen LogP contribution is 2.22. The molecule has 1 atom stereocenters. The topological polar surface area (TPSA) is 79.8 Å². The second kappa shape index (κ2) is 10.5. The highest BCUT2D eigenvalue weighted by molar-refractivity contribution is 9.10. The van der Waals surface area contributed by atoms with Gasteiger partial charge < -0.3 is 10.1 Å². The first-order valence-corrected chi connectivity index (χ1v) is 9.39. The monoisotopic (exact) mass is 431 g/mol. The fourth-order valence-electron chi connectivity index (χ4n) is 2.09. The van der Waals surface area contributed by atoms with Crippen molar-refractivity contribution in [3.63, 3.8) is 0 Å². The lowest BCUT2D eigenvalue weighted by atomic mass is 10.2. The van der Waals surface area contributed by atoms with Crippen LogP contribution in [-0.4, -0.2) is 24.1 Å². The van der Waals surface area contributed by atoms with E-state index in [0.29, 0.717) is 17.9 Å². The fraction of sp³-hybridized carbons (Fsp3) is 0.250. The molecule has 0 saturated heterocycles. The molecule has 7 heteroatoms. The number of carbonyl (C=O) groups excluding carboxylic acids is 2. The van der Waals surface area contributed by atoms with Gasteiger partial charge in [0, 0.05) is 16.1 Å². The first-order valence-electron chi connectivity index (χ1n) is 8.59. The van der Waals surface area contributed by atoms with Crippen molar-refractivity contribution >= 4 is 34.0 Å². The highest BCUT2D eigenvalue weighted by atomic mass is 79.9. The van der Waals surface area contributed by atoms with Crippen molar-refractivity contribution in [2.75, 3.05) is 0 Å². The summed E-state index contributed by atoms with van der Waals surface area (Å²) in [5, 5.41) is 6.45. The van der Waals surface area contributed by atoms with Crippen molar-refractivity contribution < 1.29 is 14.3 Å². The van der Waals surface area contributed by atoms with Crippen LogP contribution in [0.4, 0.5) is 0 Å². The summed E-state index contributed by atoms with van der Waals surface area (Å²) in [5.41, 5.74) is 3.94. The zero-order valence-electron chi connectivity index (χ0n) is 15.2. The Labute approximate surface area is 167 Å². The standard InChI is InChI=1S/C20H22BrN3O3/c1-3-14(2)23-19(25)20(26)24-22-12-16-11-17(21)9-10-18(16)27-13-15-7-5-4-6-8-15/h4-12,14H,3,13H2,1-2H3,(H,23,25)(H,24,26)/b22-12-/t14-/m0/s1. The predicted molar refractivity (Wildman–Crippen MR) is 109 cm³/mol. The lowest BCUT2D eigenvalue weighted by Gasteiger charge is -2.10. The molecule has 0 radical (unpaired) electrons. The number of amides is 2. The van der Waals surface area contributed by atoms with E-state index in [1.807, 2.05) is 62.4 Å². The van der Waals surface area contributed by atoms with Crippen molar-refractivity contribution in [2.24, 2.45) is 5.10 Å². The average molecular weight is 432 g/mol. The van der Waals surface area contributed by atoms with Gasteiger partial charge in [-0.15, -0.1) is 0 Å². The molecule has 142 valence electrons. The summed E-state index contributed by atoms with van der Waals surface area (Å²) >= 11 is 3.40. The normalized spacial score (nSPS) is 11.8. The minimum Gasteiger partial charge on any atom is -0.488 e. The first kappa shape index (κ1) is 20.6. The van der Waals surface area contributed by atoms with E-state index in [2.05, 4.69) is 31.8 Å². The van der Waals surface area contributed by atoms with Gasteiger partial charge in [-0.25, -0.2) is 5.43 Å². The number of hydrogen-bond acceptors (Lipinski definition) is 4. The summed E-state index contributed by atoms with van der Waals surface area (Å²) in [5.74, 6) is -0.909. The molecule has 2 aromatic carbocycles. The zero-order valence-corrected chi connectivity index (χ0v) is 16.8. The summed E-state index contributed by atoms with van der Waals surface area (Å²) in [6.45, 7) is 4.16. The molecule has 2 amide bonds. The maximum Gasteiger partial charge on any atom is 0.329 e. The summed E-state index contributed by atoms with van der Waals surface area (Å²) < 4.78 is 6.69. The van der Waals surface area contributed by atoms with E-state index in [4.69, 9.17) is 4.74 Å². The smallest absolute Gasteiger partial charge is 0.329 e. The molecule has 27 heavy (non-hydrogen) atoms. The Morgan fingerprint density at radius 1 is 1.19 bits per heavy atom. The van der Waals surface area contributed by atoms with Crippen LogP contribution in [0.2, 0.25) is 0 Å². The maximum atomic E-state index is 11.8. The van der Waals surface area contributed by atoms with E-state index in [0.717, 1.165) is 16.5 Å². The van der Waals surface area contributed by atoms with Gasteiger partial charge in [0.25, 0.3) is 0 Å². The van der Waals surface area contributed by atoms with Gasteiger partial charge in [0.2, 0.25) is 0 Å². The van der Waals surface area contributed by atoms with Gasteiger partial charge >= 0.3 is 11.8 Å². The van der Waals surface area contributed by atoms with Crippen LogP contribution >= 0.6 is 15.9 Å². The number of carbonyl (C=O) groups is 2. The maximum absolute atomic E-state index is 11.8. The van der Waals surface area contributed by atoms with Crippen molar-refractivity contribution in [2.45, 2.75) is 32.9 Å². The number of hydrogen-bond donors (Lipinski definition) is 2. The molecule has 0 bridgehead atoms. The predicted octanol–water partition coefficient (Wildman–Crippen LogP) is 3.39. The number of ether oxygens (including phenoxy) is 1. The molecule has 0 heterocycles. The Balaban J connectivity index is 2.00. The van der Waals surface area contributed by atoms with Gasteiger partial charge in [0.15, 0.2) is 0 Å². The minimum atomic E-state index is -0.812. The van der Waals surface area contributed by atoms with Crippen LogP contribution in [0.25, 0.3) is 0 Å². The third kappa shape index (κ3) is 6.86. The molecule has 6 nitrogen and oxygen atoms in total. The van der Waals surface area contributed by atoms with Gasteiger partial charge in [-0.1, -0.05) is 53.2 Å². The quantitative estimate of drug-likeness (QED) is 0.400. The third-order valence-electron chi connectivity index (χ3n) is 3.77. The van der Waals surface area contributed by atoms with Gasteiger partial charge in [0.1, 0.15) is 12.4 Å². The Hall–Kier alpha value is -2.67. The van der Waals surface area contributed by atoms with E-state index in [-0.39, 0.29) is 6.04 Å². The average Bonchev–Trinajstić information content (AvgIpc) is 2.67. The third-order valence-corrected chi connectivity index (χ3v) is 4.27. The molecule has 0 unspecified atom stereocenters. The Morgan fingerprint density at radius 3 is 2.63 bits per heavy atom. The zero-order chi connectivity index (χ0) is 19.6. The van der Waals surface area contributed by atoms with Gasteiger partial charge in [0.05, 0.1) is 6.21 Å². The number of halogens is 1. The Morgan fingerprint density at radius 2 is 1.93 bits per heavy atom. The number of hydrazone groups is 1. The minimum absolute atomic E-state index is 0.0738. The van der Waals surface area contributed by atoms with Crippen molar-refractivity contribution in [3.05, 3.63) is 64.1 Å². The first-order chi connectivity index (χ1) is 13.0. The van der Waals surface area contributed by atoms with E-state index in [1.165, 1.54) is 6.21 Å². The Bertz CT molecular complexity index is 809. The lowest BCUT2D eigenvalue weighted by Crippen LogP contribution is -2.41. The van der Waals surface area contributed by atoms with Crippen LogP contribution in [0.5, 0.6) is 5.75 Å². The highest BCUT2D eigenvalue weighted by Gasteiger charge is 2.14. The van der Waals surface area contributed by atoms with Gasteiger partial charge in [-0.3, -0.25) is 9.59 Å². The molecular formula is C20H22BrN3O3. The number of rotatable bonds is 7. The van der Waals surface area contributed by atoms with E-state index >= 15 is 0 Å². The molecule has 2 aromatic rings. The fourth-order valence-corrected chi connectivity index (χ4v) is 2.47. The van der Waals surface area contributed by atoms with Crippen LogP contribution in [0, 0.1) is 0 Å². The molecule has 0 aliphatic heterocycles. The molecule has 0 aliphatic carbocycles. The van der Waals surface area contributed by atoms with Crippen LogP contribution < -0.4 is 15.5 Å². The van der Waals surface area contributed by atoms with E-state index < -0.39 is 11.8 Å². The second-order valence-electron chi connectivity index (χ2n) is 5.94. The largest absolute Gasteiger partial charge is 0.488 e. The molecule has 0 saturated carbocycles. The van der Waals surface area contributed by atoms with Crippen LogP contribution in [0.3, 0.4) is 0 Å². The van der Waals surface area contributed by atoms with Crippen molar-refractivity contribution in [1.29, 1.82) is 0 Å². The molecular weight excluding hydrogens is 410 g/mol. The van der Waals surface area contributed by atoms with Gasteiger partial charge in [-0.2, -0.15) is 5.10 Å². The summed E-state index contributed by atoms with van der Waals surface area (Å²) in [6, 6.07) is 15.2. The van der Waals surface area contributed by atoms with Gasteiger partial charge in [-0.05, 0) is 37.1 Å². The van der Waals surface area contributed by atoms with E-state index in [9.17, 15) is 9.59 Å². The number of nitrogens with zero attached hydrogens (tertiary/aromatic N) is 1. The van der Waals surface area contributed by atoms with Crippen LogP contribution in [0.1, 0.15) is 31.4 Å². The number of benzene rings is 2. The Kier molecular flexibility index (Phi) is 8.00. The van der Waals surface area contributed by atoms with Crippen molar-refractivity contribution in [1.82, 2.24) is 10.7 Å². The molecule has 0 spiro atoms. The summed E-state index contributed by atoms with van der Waals surface area (Å²) in [4.78, 5) is 23.5. The number of nitrogens with one attached hydrogen (secondary N) is 2. The SMILES string of the molecule is CC[C@H](C)NC(=O)C(=O)N/N=C\c1cc(Br)ccc1OCc1ccccc1. The molecule has 0 fully saturated rings. The van der Waals surface area contributed by atoms with E-state index in [1.54, 1.807) is 0 Å². The van der Waals surface area contributed by atoms with Crippen LogP contribution in [0.15, 0.2) is 58.1 Å². The molecule has 0 aliphatic rings. The summed E-state index contributed by atoms with van der Waals surface area (Å²) in [7, 11) is 0. The van der Waals surface area contributed by atoms with Crippen LogP contribution in [-0.2, 0) is 16.2 Å². The molecule has 2 rings (SSSR count). The molecule has 0 aromatic heterocycles. The van der Waals surface area contributed by atoms with Crippen molar-refractivity contribution in [3.8, 4) is 5.75 Å².